The van der Waals surface area contributed by atoms with Gasteiger partial charge in [0.25, 0.3) is 0 Å². The highest BCUT2D eigenvalue weighted by molar-refractivity contribution is 5.33. The average molecular weight is 392 g/mol. The van der Waals surface area contributed by atoms with Gasteiger partial charge in [0.15, 0.2) is 5.82 Å². The largest absolute Gasteiger partial charge is 0.489 e. The lowest BCUT2D eigenvalue weighted by atomic mass is 9.96. The van der Waals surface area contributed by atoms with Gasteiger partial charge in [-0.05, 0) is 37.6 Å². The first-order chi connectivity index (χ1) is 14.2. The lowest BCUT2D eigenvalue weighted by Crippen LogP contribution is -2.32. The van der Waals surface area contributed by atoms with Gasteiger partial charge in [0, 0.05) is 23.9 Å². The van der Waals surface area contributed by atoms with Gasteiger partial charge in [0.1, 0.15) is 12.4 Å². The van der Waals surface area contributed by atoms with Gasteiger partial charge in [-0.15, -0.1) is 0 Å². The Labute approximate surface area is 172 Å². The molecule has 2 heterocycles. The summed E-state index contributed by atoms with van der Waals surface area (Å²) < 4.78 is 11.6. The third-order valence-electron chi connectivity index (χ3n) is 5.51. The highest BCUT2D eigenvalue weighted by atomic mass is 16.5. The van der Waals surface area contributed by atoms with Crippen LogP contribution in [0.25, 0.3) is 0 Å². The zero-order valence-electron chi connectivity index (χ0n) is 17.3. The smallest absolute Gasteiger partial charge is 0.229 e. The van der Waals surface area contributed by atoms with E-state index in [0.717, 1.165) is 49.9 Å². The molecule has 0 amide bonds. The van der Waals surface area contributed by atoms with Crippen LogP contribution in [0.15, 0.2) is 59.1 Å². The number of nitrogens with zero attached hydrogens (tertiary/aromatic N) is 3. The maximum atomic E-state index is 6.12. The van der Waals surface area contributed by atoms with Crippen LogP contribution in [0.3, 0.4) is 0 Å². The molecule has 0 radical (unpaired) electrons. The highest BCUT2D eigenvalue weighted by Crippen LogP contribution is 2.29. The molecule has 1 aliphatic rings. The molecular weight excluding hydrogens is 362 g/mol. The second-order valence-electron chi connectivity index (χ2n) is 8.08. The molecule has 0 bridgehead atoms. The highest BCUT2D eigenvalue weighted by Gasteiger charge is 2.26. The van der Waals surface area contributed by atoms with E-state index in [1.165, 1.54) is 11.1 Å². The summed E-state index contributed by atoms with van der Waals surface area (Å²) >= 11 is 0. The molecule has 1 saturated heterocycles. The zero-order valence-corrected chi connectivity index (χ0v) is 17.3. The average Bonchev–Trinajstić information content (AvgIpc) is 3.25. The number of aromatic nitrogens is 2. The molecule has 0 unspecified atom stereocenters. The molecule has 152 valence electrons. The Morgan fingerprint density at radius 1 is 1.03 bits per heavy atom. The van der Waals surface area contributed by atoms with Gasteiger partial charge in [0.05, 0.1) is 0 Å². The van der Waals surface area contributed by atoms with Crippen molar-refractivity contribution in [3.8, 4) is 5.75 Å². The monoisotopic (exact) mass is 391 g/mol. The van der Waals surface area contributed by atoms with E-state index in [1.54, 1.807) is 0 Å². The summed E-state index contributed by atoms with van der Waals surface area (Å²) in [5.41, 5.74) is 2.42. The SMILES string of the molecule is CC(C)c1noc(C2CCN(Cc3ccccc3OCc3ccccc3)CC2)n1. The van der Waals surface area contributed by atoms with Crippen molar-refractivity contribution >= 4 is 0 Å². The Morgan fingerprint density at radius 2 is 1.76 bits per heavy atom. The van der Waals surface area contributed by atoms with Crippen molar-refractivity contribution < 1.29 is 9.26 Å². The minimum atomic E-state index is 0.306. The number of ether oxygens (including phenoxy) is 1. The van der Waals surface area contributed by atoms with Crippen molar-refractivity contribution in [3.63, 3.8) is 0 Å². The molecule has 5 nitrogen and oxygen atoms in total. The van der Waals surface area contributed by atoms with Crippen LogP contribution < -0.4 is 4.74 Å². The fourth-order valence-corrected chi connectivity index (χ4v) is 3.74. The molecule has 3 aromatic rings. The number of likely N-dealkylation sites (tertiary alicyclic amines) is 1. The fourth-order valence-electron chi connectivity index (χ4n) is 3.74. The van der Waals surface area contributed by atoms with Crippen LogP contribution in [0.1, 0.15) is 61.4 Å². The molecular formula is C24H29N3O2. The Hall–Kier alpha value is -2.66. The van der Waals surface area contributed by atoms with Crippen molar-refractivity contribution in [1.82, 2.24) is 15.0 Å². The Morgan fingerprint density at radius 3 is 2.48 bits per heavy atom. The molecule has 0 saturated carbocycles. The van der Waals surface area contributed by atoms with Gasteiger partial charge in [-0.3, -0.25) is 4.90 Å². The molecule has 0 N–H and O–H groups in total. The molecule has 4 rings (SSSR count). The summed E-state index contributed by atoms with van der Waals surface area (Å²) in [5, 5.41) is 4.12. The Kier molecular flexibility index (Phi) is 6.25. The lowest BCUT2D eigenvalue weighted by molar-refractivity contribution is 0.184. The van der Waals surface area contributed by atoms with Crippen LogP contribution in [-0.2, 0) is 13.2 Å². The summed E-state index contributed by atoms with van der Waals surface area (Å²) in [5.74, 6) is 3.26. The topological polar surface area (TPSA) is 51.4 Å². The Balaban J connectivity index is 1.33. The predicted molar refractivity (Wildman–Crippen MR) is 113 cm³/mol. The standard InChI is InChI=1S/C24H29N3O2/c1-18(2)23-25-24(29-26-23)20-12-14-27(15-13-20)16-21-10-6-7-11-22(21)28-17-19-8-4-3-5-9-19/h3-11,18,20H,12-17H2,1-2H3. The van der Waals surface area contributed by atoms with Gasteiger partial charge in [-0.25, -0.2) is 0 Å². The van der Waals surface area contributed by atoms with Crippen LogP contribution in [-0.4, -0.2) is 28.1 Å². The molecule has 1 aliphatic heterocycles. The van der Waals surface area contributed by atoms with E-state index < -0.39 is 0 Å². The van der Waals surface area contributed by atoms with E-state index in [2.05, 4.69) is 59.2 Å². The first-order valence-electron chi connectivity index (χ1n) is 10.5. The predicted octanol–water partition coefficient (Wildman–Crippen LogP) is 5.15. The lowest BCUT2D eigenvalue weighted by Gasteiger charge is -2.30. The van der Waals surface area contributed by atoms with Crippen LogP contribution in [0, 0.1) is 0 Å². The second-order valence-corrected chi connectivity index (χ2v) is 8.08. The number of hydrogen-bond donors (Lipinski definition) is 0. The first kappa shape index (κ1) is 19.6. The quantitative estimate of drug-likeness (QED) is 0.557. The minimum absolute atomic E-state index is 0.306. The van der Waals surface area contributed by atoms with Crippen LogP contribution in [0.5, 0.6) is 5.75 Å². The van der Waals surface area contributed by atoms with Crippen molar-refractivity contribution in [1.29, 1.82) is 0 Å². The van der Waals surface area contributed by atoms with Gasteiger partial charge >= 0.3 is 0 Å². The van der Waals surface area contributed by atoms with E-state index in [-0.39, 0.29) is 0 Å². The fraction of sp³-hybridized carbons (Fsp3) is 0.417. The number of piperidine rings is 1. The first-order valence-corrected chi connectivity index (χ1v) is 10.5. The third kappa shape index (κ3) is 5.04. The second kappa shape index (κ2) is 9.23. The van der Waals surface area contributed by atoms with E-state index in [9.17, 15) is 0 Å². The molecule has 29 heavy (non-hydrogen) atoms. The summed E-state index contributed by atoms with van der Waals surface area (Å²) in [6.07, 6.45) is 2.10. The van der Waals surface area contributed by atoms with Gasteiger partial charge in [-0.1, -0.05) is 67.5 Å². The van der Waals surface area contributed by atoms with Crippen molar-refractivity contribution in [2.45, 2.75) is 51.7 Å². The van der Waals surface area contributed by atoms with Crippen molar-refractivity contribution in [2.75, 3.05) is 13.1 Å². The van der Waals surface area contributed by atoms with Crippen LogP contribution in [0.2, 0.25) is 0 Å². The van der Waals surface area contributed by atoms with E-state index in [4.69, 9.17) is 9.26 Å². The summed E-state index contributed by atoms with van der Waals surface area (Å²) in [7, 11) is 0. The maximum absolute atomic E-state index is 6.12. The number of para-hydroxylation sites is 1. The third-order valence-corrected chi connectivity index (χ3v) is 5.51. The molecule has 0 atom stereocenters. The maximum Gasteiger partial charge on any atom is 0.229 e. The van der Waals surface area contributed by atoms with E-state index in [1.807, 2.05) is 24.3 Å². The number of hydrogen-bond acceptors (Lipinski definition) is 5. The normalized spacial score (nSPS) is 15.7. The molecule has 0 aliphatic carbocycles. The number of benzene rings is 2. The molecule has 2 aromatic carbocycles. The summed E-state index contributed by atoms with van der Waals surface area (Å²) in [6.45, 7) is 7.73. The molecule has 1 fully saturated rings. The number of rotatable bonds is 7. The van der Waals surface area contributed by atoms with Gasteiger partial charge < -0.3 is 9.26 Å². The molecule has 0 spiro atoms. The van der Waals surface area contributed by atoms with Crippen molar-refractivity contribution in [3.05, 3.63) is 77.4 Å². The van der Waals surface area contributed by atoms with Gasteiger partial charge in [-0.2, -0.15) is 4.98 Å². The summed E-state index contributed by atoms with van der Waals surface area (Å²) in [6, 6.07) is 18.7. The molecule has 1 aromatic heterocycles. The van der Waals surface area contributed by atoms with E-state index >= 15 is 0 Å². The van der Waals surface area contributed by atoms with Crippen molar-refractivity contribution in [2.24, 2.45) is 0 Å². The van der Waals surface area contributed by atoms with E-state index in [0.29, 0.717) is 18.4 Å². The Bertz CT molecular complexity index is 899. The van der Waals surface area contributed by atoms with Gasteiger partial charge in [0.2, 0.25) is 5.89 Å². The van der Waals surface area contributed by atoms with Crippen LogP contribution in [0.4, 0.5) is 0 Å². The van der Waals surface area contributed by atoms with Crippen LogP contribution >= 0.6 is 0 Å². The molecule has 5 heteroatoms. The zero-order chi connectivity index (χ0) is 20.1. The minimum Gasteiger partial charge on any atom is -0.489 e. The summed E-state index contributed by atoms with van der Waals surface area (Å²) in [4.78, 5) is 7.08.